The molecule has 10 heteroatoms. The Balaban J connectivity index is 1.48. The third kappa shape index (κ3) is 4.33. The molecule has 0 saturated carbocycles. The number of alkyl halides is 1. The largest absolute Gasteiger partial charge is 0.467 e. The van der Waals surface area contributed by atoms with E-state index in [2.05, 4.69) is 32.1 Å². The van der Waals surface area contributed by atoms with Gasteiger partial charge < -0.3 is 24.4 Å². The minimum atomic E-state index is -0.899. The Bertz CT molecular complexity index is 1170. The van der Waals surface area contributed by atoms with E-state index in [0.717, 1.165) is 40.8 Å². The summed E-state index contributed by atoms with van der Waals surface area (Å²) in [4.78, 5) is 13.1. The smallest absolute Gasteiger partial charge is 0.320 e. The Morgan fingerprint density at radius 1 is 1.15 bits per heavy atom. The highest BCUT2D eigenvalue weighted by Crippen LogP contribution is 2.35. The highest BCUT2D eigenvalue weighted by atomic mass is 19.1. The van der Waals surface area contributed by atoms with Gasteiger partial charge in [-0.25, -0.2) is 9.07 Å². The normalized spacial score (nSPS) is 21.7. The van der Waals surface area contributed by atoms with E-state index in [1.807, 2.05) is 31.1 Å². The average molecular weight is 471 g/mol. The summed E-state index contributed by atoms with van der Waals surface area (Å²) >= 11 is 0. The van der Waals surface area contributed by atoms with Crippen LogP contribution >= 0.6 is 0 Å². The summed E-state index contributed by atoms with van der Waals surface area (Å²) in [7, 11) is 3.50. The number of ether oxygens (including phenoxy) is 2. The van der Waals surface area contributed by atoms with Crippen molar-refractivity contribution in [3.63, 3.8) is 0 Å². The van der Waals surface area contributed by atoms with E-state index in [0.29, 0.717) is 32.1 Å². The lowest BCUT2D eigenvalue weighted by Crippen LogP contribution is -2.53. The molecule has 5 rings (SSSR count). The Kier molecular flexibility index (Phi) is 6.37. The minimum Gasteiger partial charge on any atom is -0.467 e. The van der Waals surface area contributed by atoms with Crippen LogP contribution < -0.4 is 9.64 Å². The zero-order chi connectivity index (χ0) is 23.8. The van der Waals surface area contributed by atoms with Crippen molar-refractivity contribution in [3.8, 4) is 11.8 Å². The van der Waals surface area contributed by atoms with Crippen molar-refractivity contribution in [2.75, 3.05) is 58.5 Å². The van der Waals surface area contributed by atoms with Gasteiger partial charge in [-0.1, -0.05) is 0 Å². The third-order valence-corrected chi connectivity index (χ3v) is 6.79. The van der Waals surface area contributed by atoms with Gasteiger partial charge in [0.05, 0.1) is 38.1 Å². The van der Waals surface area contributed by atoms with Crippen LogP contribution in [-0.4, -0.2) is 95.6 Å². The number of methoxy groups -OCH3 is 1. The second kappa shape index (κ2) is 9.44. The van der Waals surface area contributed by atoms with Crippen molar-refractivity contribution in [3.05, 3.63) is 35.5 Å². The van der Waals surface area contributed by atoms with Gasteiger partial charge in [0, 0.05) is 37.0 Å². The molecular weight excluding hydrogens is 439 g/mol. The average Bonchev–Trinajstić information content (AvgIpc) is 3.20. The van der Waals surface area contributed by atoms with Crippen LogP contribution in [0.2, 0.25) is 0 Å². The highest BCUT2D eigenvalue weighted by molar-refractivity contribution is 5.82. The molecule has 0 aliphatic carbocycles. The summed E-state index contributed by atoms with van der Waals surface area (Å²) in [6, 6.07) is 6.28. The number of benzene rings is 1. The molecule has 0 spiro atoms. The Morgan fingerprint density at radius 2 is 1.94 bits per heavy atom. The number of nitrogens with zero attached hydrogens (tertiary/aromatic N) is 6. The second-order valence-electron chi connectivity index (χ2n) is 9.19. The van der Waals surface area contributed by atoms with E-state index in [1.54, 1.807) is 4.68 Å². The second-order valence-corrected chi connectivity index (χ2v) is 9.19. The molecule has 182 valence electrons. The number of rotatable bonds is 7. The number of likely N-dealkylation sites (tertiary alicyclic amines) is 1. The maximum absolute atomic E-state index is 15.0. The van der Waals surface area contributed by atoms with Gasteiger partial charge in [-0.05, 0) is 50.2 Å². The van der Waals surface area contributed by atoms with Gasteiger partial charge in [-0.15, -0.1) is 0 Å². The fraction of sp³-hybridized carbons (Fsp3) is 0.542. The first-order valence-electron chi connectivity index (χ1n) is 11.7. The molecule has 2 aliphatic rings. The Hall–Kier alpha value is -2.82. The fourth-order valence-corrected chi connectivity index (χ4v) is 4.91. The molecule has 1 aromatic carbocycles. The van der Waals surface area contributed by atoms with E-state index in [1.165, 1.54) is 7.11 Å². The van der Waals surface area contributed by atoms with Gasteiger partial charge in [-0.2, -0.15) is 15.1 Å². The van der Waals surface area contributed by atoms with Crippen LogP contribution in [-0.2, 0) is 4.74 Å². The zero-order valence-corrected chi connectivity index (χ0v) is 19.8. The van der Waals surface area contributed by atoms with Crippen LogP contribution in [0, 0.1) is 6.92 Å². The molecule has 0 radical (unpaired) electrons. The Labute approximate surface area is 198 Å². The van der Waals surface area contributed by atoms with Crippen molar-refractivity contribution >= 4 is 16.7 Å². The molecule has 2 saturated heterocycles. The first-order valence-corrected chi connectivity index (χ1v) is 11.7. The van der Waals surface area contributed by atoms with Crippen molar-refractivity contribution in [2.45, 2.75) is 31.5 Å². The van der Waals surface area contributed by atoms with Crippen LogP contribution in [0.3, 0.4) is 0 Å². The first kappa shape index (κ1) is 22.9. The summed E-state index contributed by atoms with van der Waals surface area (Å²) in [6.45, 7) is 5.07. The summed E-state index contributed by atoms with van der Waals surface area (Å²) < 4.78 is 27.7. The molecule has 9 nitrogen and oxygen atoms in total. The third-order valence-electron chi connectivity index (χ3n) is 6.79. The van der Waals surface area contributed by atoms with E-state index >= 15 is 0 Å². The van der Waals surface area contributed by atoms with Gasteiger partial charge >= 0.3 is 6.01 Å². The van der Waals surface area contributed by atoms with Crippen molar-refractivity contribution in [1.29, 1.82) is 0 Å². The predicted molar refractivity (Wildman–Crippen MR) is 127 cm³/mol. The number of hydrogen-bond donors (Lipinski definition) is 1. The van der Waals surface area contributed by atoms with E-state index in [4.69, 9.17) is 14.6 Å². The van der Waals surface area contributed by atoms with Gasteiger partial charge in [0.1, 0.15) is 12.0 Å². The maximum Gasteiger partial charge on any atom is 0.320 e. The quantitative estimate of drug-likeness (QED) is 0.562. The minimum absolute atomic E-state index is 0.0104. The molecule has 1 N–H and O–H groups in total. The summed E-state index contributed by atoms with van der Waals surface area (Å²) in [5.41, 5.74) is 2.99. The molecule has 34 heavy (non-hydrogen) atoms. The number of aromatic nitrogens is 4. The number of aryl methyl sites for hydroxylation is 1. The maximum atomic E-state index is 15.0. The molecule has 2 fully saturated rings. The summed E-state index contributed by atoms with van der Waals surface area (Å²) in [5, 5.41) is 14.5. The van der Waals surface area contributed by atoms with Crippen molar-refractivity contribution in [2.24, 2.45) is 0 Å². The number of anilines is 1. The predicted octanol–water partition coefficient (Wildman–Crippen LogP) is 2.09. The topological polar surface area (TPSA) is 88.8 Å². The Morgan fingerprint density at radius 3 is 2.68 bits per heavy atom. The standard InChI is InChI=1S/C24H31FN6O3/c1-15-8-16-11-26-31(21(16)9-19(15)18-4-5-29(2)14-20(18)25)23-10-22(27-24(28-23)33-3)30-12-17(13-30)34-7-6-32/h8-11,17-18,20,32H,4-7,12-14H2,1-3H3/t18-,20-/m1/s1. The molecule has 0 unspecified atom stereocenters. The fourth-order valence-electron chi connectivity index (χ4n) is 4.91. The van der Waals surface area contributed by atoms with Crippen molar-refractivity contribution in [1.82, 2.24) is 24.6 Å². The van der Waals surface area contributed by atoms with Gasteiger partial charge in [0.2, 0.25) is 0 Å². The monoisotopic (exact) mass is 470 g/mol. The molecule has 2 aromatic heterocycles. The number of aliphatic hydroxyl groups is 1. The van der Waals surface area contributed by atoms with Gasteiger partial charge in [-0.3, -0.25) is 0 Å². The molecule has 2 atom stereocenters. The van der Waals surface area contributed by atoms with E-state index in [9.17, 15) is 4.39 Å². The van der Waals surface area contributed by atoms with Crippen LogP contribution in [0.4, 0.5) is 10.2 Å². The lowest BCUT2D eigenvalue weighted by Gasteiger charge is -2.39. The van der Waals surface area contributed by atoms with Crippen LogP contribution in [0.25, 0.3) is 16.7 Å². The number of aliphatic hydroxyl groups excluding tert-OH is 1. The summed E-state index contributed by atoms with van der Waals surface area (Å²) in [5.74, 6) is 1.18. The molecule has 3 aromatic rings. The van der Waals surface area contributed by atoms with Crippen LogP contribution in [0.5, 0.6) is 6.01 Å². The first-order chi connectivity index (χ1) is 16.5. The number of piperidine rings is 1. The molecule has 2 aliphatic heterocycles. The van der Waals surface area contributed by atoms with Crippen molar-refractivity contribution < 1.29 is 19.0 Å². The molecule has 0 bridgehead atoms. The zero-order valence-electron chi connectivity index (χ0n) is 19.8. The summed E-state index contributed by atoms with van der Waals surface area (Å²) in [6.07, 6.45) is 1.77. The lowest BCUT2D eigenvalue weighted by molar-refractivity contribution is 0.0132. The lowest BCUT2D eigenvalue weighted by atomic mass is 9.85. The number of fused-ring (bicyclic) bond motifs is 1. The SMILES string of the molecule is COc1nc(N2CC(OCCO)C2)cc(-n2ncc3cc(C)c([C@H]4CCN(C)C[C@H]4F)cc32)n1. The number of halogens is 1. The van der Waals surface area contributed by atoms with Gasteiger partial charge in [0.15, 0.2) is 5.82 Å². The van der Waals surface area contributed by atoms with E-state index < -0.39 is 6.17 Å². The molecule has 4 heterocycles. The number of hydrogen-bond acceptors (Lipinski definition) is 8. The van der Waals surface area contributed by atoms with Crippen LogP contribution in [0.1, 0.15) is 23.5 Å². The van der Waals surface area contributed by atoms with Crippen LogP contribution in [0.15, 0.2) is 24.4 Å². The molecule has 0 amide bonds. The molecular formula is C24H31FN6O3. The highest BCUT2D eigenvalue weighted by Gasteiger charge is 2.31. The van der Waals surface area contributed by atoms with E-state index in [-0.39, 0.29) is 24.6 Å². The van der Waals surface area contributed by atoms with Gasteiger partial charge in [0.25, 0.3) is 0 Å².